The van der Waals surface area contributed by atoms with Crippen molar-refractivity contribution in [2.24, 2.45) is 0 Å². The van der Waals surface area contributed by atoms with E-state index in [1.54, 1.807) is 12.1 Å². The molecular weight excluding hydrogens is 311 g/mol. The van der Waals surface area contributed by atoms with E-state index in [-0.39, 0.29) is 13.2 Å². The molecule has 8 heteroatoms. The molecule has 1 rings (SSSR count). The van der Waals surface area contributed by atoms with Crippen molar-refractivity contribution in [3.63, 3.8) is 0 Å². The number of hydrogen-bond donors (Lipinski definition) is 3. The Bertz CT molecular complexity index is 553. The highest BCUT2D eigenvalue weighted by Gasteiger charge is 2.26. The summed E-state index contributed by atoms with van der Waals surface area (Å²) in [7, 11) is 5.01. The van der Waals surface area contributed by atoms with Gasteiger partial charge in [-0.2, -0.15) is 0 Å². The van der Waals surface area contributed by atoms with Gasteiger partial charge < -0.3 is 20.5 Å². The number of aliphatic hydroxyl groups excluding tert-OH is 1. The number of hydrogen-bond acceptors (Lipinski definition) is 5. The summed E-state index contributed by atoms with van der Waals surface area (Å²) in [6.07, 6.45) is -0.496. The highest BCUT2D eigenvalue weighted by Crippen LogP contribution is 2.04. The van der Waals surface area contributed by atoms with E-state index >= 15 is 0 Å². The van der Waals surface area contributed by atoms with E-state index in [0.717, 1.165) is 5.56 Å². The molecule has 0 aliphatic carbocycles. The fourth-order valence-corrected chi connectivity index (χ4v) is 2.04. The van der Waals surface area contributed by atoms with Crippen LogP contribution in [0.15, 0.2) is 30.3 Å². The van der Waals surface area contributed by atoms with Crippen LogP contribution in [0.2, 0.25) is 0 Å². The van der Waals surface area contributed by atoms with Gasteiger partial charge in [0, 0.05) is 0 Å². The minimum absolute atomic E-state index is 0.0970. The summed E-state index contributed by atoms with van der Waals surface area (Å²) in [5, 5.41) is 14.5. The molecule has 2 atom stereocenters. The van der Waals surface area contributed by atoms with Crippen molar-refractivity contribution in [1.29, 1.82) is 0 Å². The van der Waals surface area contributed by atoms with Crippen LogP contribution < -0.4 is 10.6 Å². The number of aliphatic hydroxyl groups is 1. The van der Waals surface area contributed by atoms with Crippen LogP contribution in [0.25, 0.3) is 0 Å². The van der Waals surface area contributed by atoms with Crippen molar-refractivity contribution < 1.29 is 24.2 Å². The summed E-state index contributed by atoms with van der Waals surface area (Å²) in [6.45, 7) is 1.55. The van der Waals surface area contributed by atoms with E-state index in [1.165, 1.54) is 0 Å². The topological polar surface area (TPSA) is 105 Å². The molecule has 1 aromatic rings. The van der Waals surface area contributed by atoms with Gasteiger partial charge >= 0.3 is 5.97 Å². The third kappa shape index (κ3) is 7.28. The first-order chi connectivity index (χ1) is 11.4. The van der Waals surface area contributed by atoms with Crippen LogP contribution in [0.3, 0.4) is 0 Å². The van der Waals surface area contributed by atoms with E-state index in [0.29, 0.717) is 12.8 Å². The number of carbonyl (C=O) groups is 3. The summed E-state index contributed by atoms with van der Waals surface area (Å²) in [6, 6.07) is 8.29. The van der Waals surface area contributed by atoms with Crippen LogP contribution in [0.4, 0.5) is 4.79 Å². The van der Waals surface area contributed by atoms with E-state index in [1.807, 2.05) is 25.1 Å². The van der Waals surface area contributed by atoms with Crippen LogP contribution in [0.5, 0.6) is 0 Å². The fourth-order valence-electron chi connectivity index (χ4n) is 2.04. The molecule has 0 spiro atoms. The fraction of sp³-hybridized carbons (Fsp3) is 0.438. The summed E-state index contributed by atoms with van der Waals surface area (Å²) < 4.78 is 5.01. The van der Waals surface area contributed by atoms with Crippen molar-refractivity contribution in [3.8, 4) is 0 Å². The Morgan fingerprint density at radius 1 is 1.25 bits per heavy atom. The maximum Gasteiger partial charge on any atom is 0.325 e. The zero-order valence-corrected chi connectivity index (χ0v) is 13.5. The molecule has 3 N–H and O–H groups in total. The molecule has 2 amide bonds. The van der Waals surface area contributed by atoms with Gasteiger partial charge in [0.25, 0.3) is 5.91 Å². The lowest BCUT2D eigenvalue weighted by molar-refractivity contribution is -0.146. The van der Waals surface area contributed by atoms with E-state index < -0.39 is 29.8 Å². The molecule has 24 heavy (non-hydrogen) atoms. The van der Waals surface area contributed by atoms with Crippen molar-refractivity contribution in [1.82, 2.24) is 10.6 Å². The molecule has 0 saturated heterocycles. The average molecular weight is 332 g/mol. The number of nitrogens with one attached hydrogen (secondary N) is 2. The Kier molecular flexibility index (Phi) is 8.56. The monoisotopic (exact) mass is 332 g/mol. The molecular formula is C16H21BN2O5. The molecule has 0 saturated carbocycles. The van der Waals surface area contributed by atoms with Gasteiger partial charge in [-0.25, -0.2) is 0 Å². The zero-order valence-electron chi connectivity index (χ0n) is 13.5. The van der Waals surface area contributed by atoms with Gasteiger partial charge in [-0.05, 0) is 12.0 Å². The van der Waals surface area contributed by atoms with Crippen LogP contribution in [0.1, 0.15) is 25.3 Å². The molecule has 2 unspecified atom stereocenters. The smallest absolute Gasteiger partial charge is 0.325 e. The first-order valence-electron chi connectivity index (χ1n) is 7.65. The number of esters is 1. The number of ether oxygens (including phenoxy) is 1. The second-order valence-electron chi connectivity index (χ2n) is 5.21. The third-order valence-electron chi connectivity index (χ3n) is 3.23. The maximum absolute atomic E-state index is 11.9. The average Bonchev–Trinajstić information content (AvgIpc) is 2.57. The Labute approximate surface area is 142 Å². The van der Waals surface area contributed by atoms with Crippen molar-refractivity contribution in [3.05, 3.63) is 35.9 Å². The summed E-state index contributed by atoms with van der Waals surface area (Å²) in [5.74, 6) is -2.24. The van der Waals surface area contributed by atoms with Gasteiger partial charge in [0.15, 0.2) is 11.9 Å². The van der Waals surface area contributed by atoms with E-state index in [4.69, 9.17) is 12.6 Å². The van der Waals surface area contributed by atoms with Gasteiger partial charge in [0.05, 0.1) is 6.04 Å². The van der Waals surface area contributed by atoms with Gasteiger partial charge in [-0.3, -0.25) is 14.4 Å². The second kappa shape index (κ2) is 10.4. The second-order valence-corrected chi connectivity index (χ2v) is 5.21. The van der Waals surface area contributed by atoms with Crippen molar-refractivity contribution in [2.75, 3.05) is 6.54 Å². The first-order valence-corrected chi connectivity index (χ1v) is 7.65. The Morgan fingerprint density at radius 3 is 2.50 bits per heavy atom. The van der Waals surface area contributed by atoms with E-state index in [9.17, 15) is 19.5 Å². The predicted molar refractivity (Wildman–Crippen MR) is 88.2 cm³/mol. The van der Waals surface area contributed by atoms with Crippen LogP contribution >= 0.6 is 0 Å². The Morgan fingerprint density at radius 2 is 1.92 bits per heavy atom. The van der Waals surface area contributed by atoms with Crippen molar-refractivity contribution >= 4 is 25.5 Å². The van der Waals surface area contributed by atoms with E-state index in [2.05, 4.69) is 10.6 Å². The first kappa shape index (κ1) is 19.7. The van der Waals surface area contributed by atoms with Crippen LogP contribution in [-0.2, 0) is 20.9 Å². The van der Waals surface area contributed by atoms with Gasteiger partial charge in [0.2, 0.25) is 7.85 Å². The number of benzene rings is 1. The molecule has 0 aliphatic rings. The minimum atomic E-state index is -1.50. The molecule has 7 nitrogen and oxygen atoms in total. The Balaban J connectivity index is 2.39. The number of amides is 2. The SMILES string of the molecule is [B]C(=O)NC(CCC)C(O)C(=O)NCC(=O)OCc1ccccc1. The molecule has 0 aliphatic heterocycles. The molecule has 0 heterocycles. The number of rotatable bonds is 9. The van der Waals surface area contributed by atoms with Crippen LogP contribution in [-0.4, -0.2) is 49.3 Å². The standard InChI is InChI=1S/C16H21BN2O5/c1-2-6-12(19-16(17)23)14(21)15(22)18-9-13(20)24-10-11-7-4-3-5-8-11/h3-5,7-8,12,14,21H,2,6,9-10H2,1H3,(H,18,22)(H,19,23). The lowest BCUT2D eigenvalue weighted by Gasteiger charge is -2.22. The normalized spacial score (nSPS) is 12.8. The summed E-state index contributed by atoms with van der Waals surface area (Å²) in [4.78, 5) is 34.4. The quantitative estimate of drug-likeness (QED) is 0.444. The summed E-state index contributed by atoms with van der Waals surface area (Å²) in [5.41, 5.74) is 0.825. The minimum Gasteiger partial charge on any atom is -0.460 e. The maximum atomic E-state index is 11.9. The lowest BCUT2D eigenvalue weighted by Crippen LogP contribution is -2.51. The molecule has 0 aromatic heterocycles. The Hall–Kier alpha value is -2.35. The molecule has 0 fully saturated rings. The molecule has 128 valence electrons. The third-order valence-corrected chi connectivity index (χ3v) is 3.23. The molecule has 1 aromatic carbocycles. The van der Waals surface area contributed by atoms with Crippen LogP contribution in [0, 0.1) is 0 Å². The molecule has 2 radical (unpaired) electrons. The predicted octanol–water partition coefficient (Wildman–Crippen LogP) is 0.254. The number of carbonyl (C=O) groups excluding carboxylic acids is 3. The van der Waals surface area contributed by atoms with Crippen molar-refractivity contribution in [2.45, 2.75) is 38.5 Å². The summed E-state index contributed by atoms with van der Waals surface area (Å²) >= 11 is 0. The zero-order chi connectivity index (χ0) is 17.9. The molecule has 0 bridgehead atoms. The highest BCUT2D eigenvalue weighted by atomic mass is 16.5. The highest BCUT2D eigenvalue weighted by molar-refractivity contribution is 6.57. The van der Waals surface area contributed by atoms with Gasteiger partial charge in [-0.15, -0.1) is 0 Å². The largest absolute Gasteiger partial charge is 0.460 e. The van der Waals surface area contributed by atoms with Gasteiger partial charge in [0.1, 0.15) is 13.2 Å². The van der Waals surface area contributed by atoms with Gasteiger partial charge in [-0.1, -0.05) is 43.7 Å². The lowest BCUT2D eigenvalue weighted by atomic mass is 10.0.